The number of hydrogen-bond donors (Lipinski definition) is 4. The Morgan fingerprint density at radius 1 is 1.12 bits per heavy atom. The first-order chi connectivity index (χ1) is 16.2. The molecule has 180 valence electrons. The summed E-state index contributed by atoms with van der Waals surface area (Å²) in [6.45, 7) is 0.105. The smallest absolute Gasteiger partial charge is 0.327 e. The molecule has 0 saturated heterocycles. The lowest BCUT2D eigenvalue weighted by Gasteiger charge is -2.14. The molecular formula is C21H24N6O5S2. The Morgan fingerprint density at radius 2 is 1.82 bits per heavy atom. The van der Waals surface area contributed by atoms with Crippen molar-refractivity contribution >= 4 is 39.3 Å². The Hall–Kier alpha value is -3.42. The van der Waals surface area contributed by atoms with Gasteiger partial charge in [-0.3, -0.25) is 4.79 Å². The number of carbonyl (C=O) groups excluding carboxylic acids is 1. The van der Waals surface area contributed by atoms with Gasteiger partial charge in [-0.25, -0.2) is 23.0 Å². The van der Waals surface area contributed by atoms with Gasteiger partial charge in [0.15, 0.2) is 0 Å². The number of rotatable bonds is 12. The Bertz CT molecular complexity index is 1220. The number of carbonyl (C=O) groups is 2. The zero-order chi connectivity index (χ0) is 24.6. The highest BCUT2D eigenvalue weighted by atomic mass is 32.2. The second-order valence-electron chi connectivity index (χ2n) is 7.29. The fourth-order valence-corrected chi connectivity index (χ4v) is 4.41. The summed E-state index contributed by atoms with van der Waals surface area (Å²) < 4.78 is 23.9. The average Bonchev–Trinajstić information content (AvgIpc) is 3.24. The Morgan fingerprint density at radius 3 is 2.47 bits per heavy atom. The van der Waals surface area contributed by atoms with Crippen LogP contribution in [0.3, 0.4) is 0 Å². The third-order valence-corrected chi connectivity index (χ3v) is 6.61. The van der Waals surface area contributed by atoms with E-state index in [9.17, 15) is 23.1 Å². The Balaban J connectivity index is 1.46. The van der Waals surface area contributed by atoms with E-state index in [0.29, 0.717) is 17.1 Å². The van der Waals surface area contributed by atoms with Crippen LogP contribution >= 0.6 is 11.8 Å². The molecule has 1 unspecified atom stereocenters. The van der Waals surface area contributed by atoms with E-state index in [4.69, 9.17) is 5.14 Å². The quantitative estimate of drug-likeness (QED) is 0.281. The minimum atomic E-state index is -3.76. The first-order valence-electron chi connectivity index (χ1n) is 10.1. The number of aliphatic carboxylic acids is 1. The highest BCUT2D eigenvalue weighted by Crippen LogP contribution is 2.14. The maximum Gasteiger partial charge on any atom is 0.327 e. The van der Waals surface area contributed by atoms with Crippen LogP contribution < -0.4 is 15.8 Å². The summed E-state index contributed by atoms with van der Waals surface area (Å²) in [4.78, 5) is 23.8. The molecule has 1 amide bonds. The zero-order valence-corrected chi connectivity index (χ0v) is 19.6. The lowest BCUT2D eigenvalue weighted by Crippen LogP contribution is -2.44. The third kappa shape index (κ3) is 7.86. The number of thioether (sulfide) groups is 1. The van der Waals surface area contributed by atoms with Gasteiger partial charge >= 0.3 is 5.97 Å². The molecule has 0 bridgehead atoms. The minimum absolute atomic E-state index is 0.00753. The van der Waals surface area contributed by atoms with Gasteiger partial charge in [-0.15, -0.1) is 5.10 Å². The molecule has 0 radical (unpaired) electrons. The number of nitrogens with two attached hydrogens (primary N) is 1. The number of benzene rings is 2. The fourth-order valence-electron chi connectivity index (χ4n) is 2.88. The summed E-state index contributed by atoms with van der Waals surface area (Å²) in [5.41, 5.74) is 2.26. The normalized spacial score (nSPS) is 12.1. The summed E-state index contributed by atoms with van der Waals surface area (Å²) in [6.07, 6.45) is 1.56. The summed E-state index contributed by atoms with van der Waals surface area (Å²) in [7, 11) is -3.76. The van der Waals surface area contributed by atoms with Crippen LogP contribution in [-0.2, 0) is 38.5 Å². The van der Waals surface area contributed by atoms with Crippen molar-refractivity contribution in [2.24, 2.45) is 5.14 Å². The SMILES string of the molecule is NS(=O)(=O)c1ccc(NCc2cn(CC(=O)NC(CSCc3ccccc3)C(=O)O)nn2)cc1. The lowest BCUT2D eigenvalue weighted by atomic mass is 10.2. The highest BCUT2D eigenvalue weighted by molar-refractivity contribution is 7.98. The topological polar surface area (TPSA) is 169 Å². The van der Waals surface area contributed by atoms with Gasteiger partial charge in [-0.1, -0.05) is 35.5 Å². The fraction of sp³-hybridized carbons (Fsp3) is 0.238. The monoisotopic (exact) mass is 504 g/mol. The minimum Gasteiger partial charge on any atom is -0.480 e. The lowest BCUT2D eigenvalue weighted by molar-refractivity contribution is -0.141. The van der Waals surface area contributed by atoms with E-state index in [1.807, 2.05) is 30.3 Å². The third-order valence-electron chi connectivity index (χ3n) is 4.58. The van der Waals surface area contributed by atoms with Crippen LogP contribution in [0.5, 0.6) is 0 Å². The highest BCUT2D eigenvalue weighted by Gasteiger charge is 2.20. The van der Waals surface area contributed by atoms with Gasteiger partial charge in [-0.2, -0.15) is 11.8 Å². The van der Waals surface area contributed by atoms with Crippen LogP contribution in [0.2, 0.25) is 0 Å². The molecule has 1 heterocycles. The van der Waals surface area contributed by atoms with Gasteiger partial charge in [0.25, 0.3) is 0 Å². The molecule has 0 aliphatic rings. The molecule has 0 aliphatic heterocycles. The van der Waals surface area contributed by atoms with Crippen LogP contribution in [0, 0.1) is 0 Å². The molecule has 0 aliphatic carbocycles. The van der Waals surface area contributed by atoms with Crippen molar-refractivity contribution in [1.29, 1.82) is 0 Å². The number of aromatic nitrogens is 3. The van der Waals surface area contributed by atoms with Crippen molar-refractivity contribution in [3.63, 3.8) is 0 Å². The molecule has 2 aromatic carbocycles. The molecule has 0 spiro atoms. The first kappa shape index (κ1) is 25.2. The first-order valence-corrected chi connectivity index (χ1v) is 12.8. The van der Waals surface area contributed by atoms with Crippen LogP contribution in [0.4, 0.5) is 5.69 Å². The maximum absolute atomic E-state index is 12.3. The summed E-state index contributed by atoms with van der Waals surface area (Å²) in [5, 5.41) is 27.9. The van der Waals surface area contributed by atoms with Crippen LogP contribution in [-0.4, -0.2) is 52.2 Å². The van der Waals surface area contributed by atoms with Crippen molar-refractivity contribution in [2.75, 3.05) is 11.1 Å². The Labute approximate surface area is 200 Å². The van der Waals surface area contributed by atoms with Gasteiger partial charge in [-0.05, 0) is 29.8 Å². The van der Waals surface area contributed by atoms with E-state index < -0.39 is 27.9 Å². The molecule has 13 heteroatoms. The van der Waals surface area contributed by atoms with E-state index in [1.165, 1.54) is 28.6 Å². The molecule has 3 rings (SSSR count). The number of carboxylic acid groups (broad SMARTS) is 1. The number of primary sulfonamides is 1. The van der Waals surface area contributed by atoms with Crippen molar-refractivity contribution < 1.29 is 23.1 Å². The van der Waals surface area contributed by atoms with Crippen molar-refractivity contribution in [3.8, 4) is 0 Å². The van der Waals surface area contributed by atoms with E-state index in [1.54, 1.807) is 18.3 Å². The standard InChI is InChI=1S/C21H24N6O5S2/c22-34(31,32)18-8-6-16(7-9-18)23-10-17-11-27(26-25-17)12-20(28)24-19(21(29)30)14-33-13-15-4-2-1-3-5-15/h1-9,11,19,23H,10,12-14H2,(H,24,28)(H,29,30)(H2,22,31,32). The van der Waals surface area contributed by atoms with Crippen molar-refractivity contribution in [3.05, 3.63) is 72.1 Å². The van der Waals surface area contributed by atoms with Crippen LogP contribution in [0.25, 0.3) is 0 Å². The molecule has 11 nitrogen and oxygen atoms in total. The summed E-state index contributed by atoms with van der Waals surface area (Å²) in [6, 6.07) is 14.5. The molecular weight excluding hydrogens is 480 g/mol. The predicted octanol–water partition coefficient (Wildman–Crippen LogP) is 1.04. The number of amides is 1. The number of anilines is 1. The Kier molecular flexibility index (Phi) is 8.62. The van der Waals surface area contributed by atoms with Gasteiger partial charge in [0.1, 0.15) is 18.3 Å². The maximum atomic E-state index is 12.3. The van der Waals surface area contributed by atoms with E-state index in [-0.39, 0.29) is 23.7 Å². The average molecular weight is 505 g/mol. The molecule has 1 atom stereocenters. The van der Waals surface area contributed by atoms with Gasteiger partial charge in [0.2, 0.25) is 15.9 Å². The van der Waals surface area contributed by atoms with Crippen LogP contribution in [0.1, 0.15) is 11.3 Å². The number of hydrogen-bond acceptors (Lipinski definition) is 8. The number of sulfonamides is 1. The van der Waals surface area contributed by atoms with Crippen molar-refractivity contribution in [2.45, 2.75) is 29.8 Å². The summed E-state index contributed by atoms with van der Waals surface area (Å²) >= 11 is 1.42. The van der Waals surface area contributed by atoms with Crippen LogP contribution in [0.15, 0.2) is 65.7 Å². The van der Waals surface area contributed by atoms with Gasteiger partial charge in [0.05, 0.1) is 17.6 Å². The number of nitrogens with one attached hydrogen (secondary N) is 2. The molecule has 0 saturated carbocycles. The summed E-state index contributed by atoms with van der Waals surface area (Å²) in [5.74, 6) is -0.723. The molecule has 3 aromatic rings. The van der Waals surface area contributed by atoms with Crippen molar-refractivity contribution in [1.82, 2.24) is 20.3 Å². The number of nitrogens with zero attached hydrogens (tertiary/aromatic N) is 3. The number of carboxylic acids is 1. The second-order valence-corrected chi connectivity index (χ2v) is 9.88. The van der Waals surface area contributed by atoms with E-state index >= 15 is 0 Å². The molecule has 5 N–H and O–H groups in total. The zero-order valence-electron chi connectivity index (χ0n) is 18.0. The predicted molar refractivity (Wildman–Crippen MR) is 127 cm³/mol. The second kappa shape index (κ2) is 11.6. The van der Waals surface area contributed by atoms with E-state index in [2.05, 4.69) is 20.9 Å². The molecule has 0 fully saturated rings. The van der Waals surface area contributed by atoms with E-state index in [0.717, 1.165) is 5.56 Å². The van der Waals surface area contributed by atoms with Gasteiger partial charge < -0.3 is 15.7 Å². The largest absolute Gasteiger partial charge is 0.480 e. The van der Waals surface area contributed by atoms with Gasteiger partial charge in [0, 0.05) is 17.2 Å². The molecule has 1 aromatic heterocycles. The molecule has 34 heavy (non-hydrogen) atoms.